The zero-order chi connectivity index (χ0) is 56.4. The number of hydrogen-bond acceptors (Lipinski definition) is 6. The summed E-state index contributed by atoms with van der Waals surface area (Å²) in [4.78, 5) is 38.3. The van der Waals surface area contributed by atoms with Crippen molar-refractivity contribution in [3.05, 3.63) is 158 Å². The zero-order valence-electron chi connectivity index (χ0n) is 50.1. The predicted molar refractivity (Wildman–Crippen MR) is 338 cm³/mol. The van der Waals surface area contributed by atoms with Gasteiger partial charge in [0.2, 0.25) is 0 Å². The Kier molecular flexibility index (Phi) is 60.4. The molecule has 0 heterocycles. The van der Waals surface area contributed by atoms with Crippen LogP contribution in [0.4, 0.5) is 0 Å². The average molecular weight is 1080 g/mol. The molecule has 0 aliphatic rings. The molecule has 0 N–H and O–H groups in total. The van der Waals surface area contributed by atoms with Crippen LogP contribution < -0.4 is 0 Å². The summed E-state index contributed by atoms with van der Waals surface area (Å²) < 4.78 is 16.8. The number of esters is 3. The fraction of sp³-hybridized carbons (Fsp3) is 0.597. The van der Waals surface area contributed by atoms with Crippen LogP contribution >= 0.6 is 0 Å². The van der Waals surface area contributed by atoms with Crippen LogP contribution in [0.3, 0.4) is 0 Å². The lowest BCUT2D eigenvalue weighted by molar-refractivity contribution is -0.167. The number of allylic oxidation sites excluding steroid dienone is 26. The van der Waals surface area contributed by atoms with Crippen molar-refractivity contribution >= 4 is 17.9 Å². The van der Waals surface area contributed by atoms with Crippen molar-refractivity contribution in [1.29, 1.82) is 0 Å². The van der Waals surface area contributed by atoms with Crippen molar-refractivity contribution in [3.63, 3.8) is 0 Å². The first-order valence-corrected chi connectivity index (χ1v) is 31.5. The van der Waals surface area contributed by atoms with Gasteiger partial charge in [0, 0.05) is 19.3 Å². The smallest absolute Gasteiger partial charge is 0.306 e. The Morgan fingerprint density at radius 3 is 0.859 bits per heavy atom. The molecule has 1 unspecified atom stereocenters. The minimum absolute atomic E-state index is 0.118. The Balaban J connectivity index is 4.58. The van der Waals surface area contributed by atoms with E-state index in [1.54, 1.807) is 0 Å². The van der Waals surface area contributed by atoms with E-state index in [9.17, 15) is 14.4 Å². The Morgan fingerprint density at radius 2 is 0.513 bits per heavy atom. The molecule has 438 valence electrons. The second kappa shape index (κ2) is 64.6. The summed E-state index contributed by atoms with van der Waals surface area (Å²) >= 11 is 0. The summed E-state index contributed by atoms with van der Waals surface area (Å²) in [6, 6.07) is 0. The molecule has 0 aromatic heterocycles. The van der Waals surface area contributed by atoms with Crippen LogP contribution in [-0.2, 0) is 28.6 Å². The van der Waals surface area contributed by atoms with Gasteiger partial charge in [0.15, 0.2) is 6.10 Å². The van der Waals surface area contributed by atoms with Gasteiger partial charge in [0.25, 0.3) is 0 Å². The van der Waals surface area contributed by atoms with Gasteiger partial charge in [-0.2, -0.15) is 0 Å². The molecule has 0 aliphatic heterocycles. The quantitative estimate of drug-likeness (QED) is 0.0261. The van der Waals surface area contributed by atoms with Crippen LogP contribution in [0.1, 0.15) is 258 Å². The molecule has 0 aromatic carbocycles. The molecule has 0 aromatic rings. The van der Waals surface area contributed by atoms with Crippen molar-refractivity contribution in [2.45, 2.75) is 264 Å². The second-order valence-corrected chi connectivity index (χ2v) is 20.2. The summed E-state index contributed by atoms with van der Waals surface area (Å²) in [5, 5.41) is 0. The van der Waals surface area contributed by atoms with Crippen LogP contribution in [0, 0.1) is 0 Å². The highest BCUT2D eigenvalue weighted by Gasteiger charge is 2.19. The van der Waals surface area contributed by atoms with E-state index in [2.05, 4.69) is 179 Å². The third-order valence-electron chi connectivity index (χ3n) is 12.7. The first-order chi connectivity index (χ1) is 38.5. The van der Waals surface area contributed by atoms with E-state index in [1.807, 2.05) is 0 Å². The Labute approximate surface area is 480 Å². The summed E-state index contributed by atoms with van der Waals surface area (Å²) in [6.07, 6.45) is 93.9. The van der Waals surface area contributed by atoms with Gasteiger partial charge < -0.3 is 14.2 Å². The topological polar surface area (TPSA) is 78.9 Å². The molecule has 0 spiro atoms. The van der Waals surface area contributed by atoms with Crippen LogP contribution in [0.2, 0.25) is 0 Å². The number of carbonyl (C=O) groups is 3. The summed E-state index contributed by atoms with van der Waals surface area (Å²) in [6.45, 7) is 6.33. The number of carbonyl (C=O) groups excluding carboxylic acids is 3. The van der Waals surface area contributed by atoms with Crippen molar-refractivity contribution < 1.29 is 28.6 Å². The van der Waals surface area contributed by atoms with Gasteiger partial charge in [-0.3, -0.25) is 14.4 Å². The van der Waals surface area contributed by atoms with E-state index in [0.717, 1.165) is 122 Å². The molecular formula is C72H114O6. The Bertz CT molecular complexity index is 1760. The van der Waals surface area contributed by atoms with Gasteiger partial charge in [0.1, 0.15) is 13.2 Å². The van der Waals surface area contributed by atoms with Gasteiger partial charge in [0.05, 0.1) is 0 Å². The number of hydrogen-bond donors (Lipinski definition) is 0. The molecule has 0 radical (unpaired) electrons. The number of rotatable bonds is 55. The molecule has 78 heavy (non-hydrogen) atoms. The van der Waals surface area contributed by atoms with E-state index in [0.29, 0.717) is 19.3 Å². The summed E-state index contributed by atoms with van der Waals surface area (Å²) in [7, 11) is 0. The van der Waals surface area contributed by atoms with E-state index < -0.39 is 6.10 Å². The molecule has 0 rings (SSSR count). The third-order valence-corrected chi connectivity index (χ3v) is 12.7. The predicted octanol–water partition coefficient (Wildman–Crippen LogP) is 21.7. The molecule has 0 bridgehead atoms. The lowest BCUT2D eigenvalue weighted by Crippen LogP contribution is -2.30. The maximum atomic E-state index is 12.9. The van der Waals surface area contributed by atoms with Gasteiger partial charge in [-0.05, 0) is 141 Å². The van der Waals surface area contributed by atoms with Crippen molar-refractivity contribution in [2.75, 3.05) is 13.2 Å². The lowest BCUT2D eigenvalue weighted by Gasteiger charge is -2.18. The highest BCUT2D eigenvalue weighted by Crippen LogP contribution is 2.14. The first-order valence-electron chi connectivity index (χ1n) is 31.5. The van der Waals surface area contributed by atoms with E-state index in [4.69, 9.17) is 14.2 Å². The first kappa shape index (κ1) is 73.0. The van der Waals surface area contributed by atoms with Crippen molar-refractivity contribution in [3.8, 4) is 0 Å². The molecule has 6 nitrogen and oxygen atoms in total. The summed E-state index contributed by atoms with van der Waals surface area (Å²) in [5.41, 5.74) is 0. The molecule has 0 aliphatic carbocycles. The highest BCUT2D eigenvalue weighted by atomic mass is 16.6. The second-order valence-electron chi connectivity index (χ2n) is 20.2. The van der Waals surface area contributed by atoms with E-state index in [1.165, 1.54) is 83.5 Å². The van der Waals surface area contributed by atoms with Gasteiger partial charge >= 0.3 is 17.9 Å². The average Bonchev–Trinajstić information content (AvgIpc) is 3.44. The van der Waals surface area contributed by atoms with Crippen LogP contribution in [-0.4, -0.2) is 37.2 Å². The maximum absolute atomic E-state index is 12.9. The molecule has 0 saturated heterocycles. The third kappa shape index (κ3) is 61.9. The highest BCUT2D eigenvalue weighted by molar-refractivity contribution is 5.71. The minimum atomic E-state index is -0.830. The van der Waals surface area contributed by atoms with Crippen LogP contribution in [0.5, 0.6) is 0 Å². The van der Waals surface area contributed by atoms with Crippen LogP contribution in [0.15, 0.2) is 158 Å². The van der Waals surface area contributed by atoms with Crippen molar-refractivity contribution in [2.24, 2.45) is 0 Å². The van der Waals surface area contributed by atoms with E-state index in [-0.39, 0.29) is 44.0 Å². The van der Waals surface area contributed by atoms with Gasteiger partial charge in [-0.15, -0.1) is 0 Å². The normalized spacial score (nSPS) is 13.2. The fourth-order valence-electron chi connectivity index (χ4n) is 8.10. The largest absolute Gasteiger partial charge is 0.462 e. The van der Waals surface area contributed by atoms with Crippen LogP contribution in [0.25, 0.3) is 0 Å². The van der Waals surface area contributed by atoms with Crippen molar-refractivity contribution in [1.82, 2.24) is 0 Å². The molecule has 6 heteroatoms. The molecule has 0 fully saturated rings. The lowest BCUT2D eigenvalue weighted by atomic mass is 10.1. The SMILES string of the molecule is CC/C=C\C/C=C\C/C=C\C/C=C\C/C=C\C/C=C\C/C=C\CCCC(=O)OCC(COC(=O)CCCCCCCCC/C=C\CCCCCCCCC)OC(=O)CCCCC/C=C\C/C=C\C/C=C\C/C=C\C/C=C\CC. The molecule has 0 amide bonds. The zero-order valence-corrected chi connectivity index (χ0v) is 50.1. The molecule has 0 saturated carbocycles. The molecular weight excluding hydrogens is 961 g/mol. The standard InChI is InChI=1S/C72H114O6/c1-4-7-10-13-16-19-22-25-28-31-34-35-36-37-39-41-44-47-50-53-56-59-62-65-71(74)77-68-69(67-76-70(73)64-61-58-55-52-49-46-43-40-33-30-27-24-21-18-15-12-9-6-3)78-72(75)66-63-60-57-54-51-48-45-42-38-32-29-26-23-20-17-14-11-8-5-2/h7-8,10-11,16-17,19-20,25-26,28-30,33-35,37-39,42,44,47-48,51,53,56,69H,4-6,9,12-15,18,21-24,27,31-32,36,40-41,43,45-46,49-50,52,54-55,57-68H2,1-3H3/b10-7-,11-8-,19-16-,20-17-,28-25-,29-26-,33-30-,35-34-,39-37-,42-38-,47-44-,51-48-,56-53-. The van der Waals surface area contributed by atoms with Gasteiger partial charge in [-0.1, -0.05) is 256 Å². The molecule has 1 atom stereocenters. The summed E-state index contributed by atoms with van der Waals surface area (Å²) in [5.74, 6) is -1.02. The minimum Gasteiger partial charge on any atom is -0.462 e. The Hall–Kier alpha value is -4.97. The van der Waals surface area contributed by atoms with Gasteiger partial charge in [-0.25, -0.2) is 0 Å². The van der Waals surface area contributed by atoms with E-state index >= 15 is 0 Å². The maximum Gasteiger partial charge on any atom is 0.306 e. The monoisotopic (exact) mass is 1070 g/mol. The fourth-order valence-corrected chi connectivity index (χ4v) is 8.10. The number of unbranched alkanes of at least 4 members (excludes halogenated alkanes) is 18. The Morgan fingerprint density at radius 1 is 0.269 bits per heavy atom. The number of ether oxygens (including phenoxy) is 3.